The number of hydrogen-bond donors (Lipinski definition) is 0. The Morgan fingerprint density at radius 2 is 1.67 bits per heavy atom. The highest BCUT2D eigenvalue weighted by Crippen LogP contribution is 2.18. The minimum atomic E-state index is -0.531. The Morgan fingerprint density at radius 1 is 1.08 bits per heavy atom. The first kappa shape index (κ1) is 17.7. The molecule has 0 unspecified atom stereocenters. The molecule has 0 saturated carbocycles. The molecule has 2 aromatic rings. The standard InChI is InChI=1S/C19H21FN2O2/c1-19(2,3)24-18(23)22(4)16-10-7-14(8-11-16)5-6-15-9-12-17(20)21-13-15/h5-13H,1-4H3. The van der Waals surface area contributed by atoms with Crippen LogP contribution < -0.4 is 4.90 Å². The maximum atomic E-state index is 12.8. The number of rotatable bonds is 3. The second-order valence-electron chi connectivity index (χ2n) is 6.38. The number of carbonyl (C=O) groups excluding carboxylic acids is 1. The van der Waals surface area contributed by atoms with E-state index in [0.717, 1.165) is 16.8 Å². The summed E-state index contributed by atoms with van der Waals surface area (Å²) >= 11 is 0. The number of amides is 1. The molecule has 1 amide bonds. The first-order chi connectivity index (χ1) is 11.2. The van der Waals surface area contributed by atoms with E-state index in [1.54, 1.807) is 13.1 Å². The molecule has 0 aliphatic carbocycles. The Kier molecular flexibility index (Phi) is 5.34. The van der Waals surface area contributed by atoms with Crippen molar-refractivity contribution in [2.75, 3.05) is 11.9 Å². The number of anilines is 1. The van der Waals surface area contributed by atoms with Crippen molar-refractivity contribution in [1.82, 2.24) is 4.98 Å². The fraction of sp³-hybridized carbons (Fsp3) is 0.263. The molecular formula is C19H21FN2O2. The van der Waals surface area contributed by atoms with Crippen molar-refractivity contribution in [3.05, 3.63) is 59.7 Å². The van der Waals surface area contributed by atoms with Gasteiger partial charge in [0.1, 0.15) is 5.60 Å². The Hall–Kier alpha value is -2.69. The van der Waals surface area contributed by atoms with Crippen LogP contribution in [0.25, 0.3) is 12.2 Å². The molecule has 1 aromatic carbocycles. The number of ether oxygens (including phenoxy) is 1. The molecule has 126 valence electrons. The third kappa shape index (κ3) is 5.19. The average molecular weight is 328 g/mol. The maximum absolute atomic E-state index is 12.8. The van der Waals surface area contributed by atoms with Crippen LogP contribution in [0, 0.1) is 5.95 Å². The molecule has 4 nitrogen and oxygen atoms in total. The Bertz CT molecular complexity index is 717. The van der Waals surface area contributed by atoms with Gasteiger partial charge >= 0.3 is 6.09 Å². The fourth-order valence-corrected chi connectivity index (χ4v) is 1.92. The predicted octanol–water partition coefficient (Wildman–Crippen LogP) is 4.76. The van der Waals surface area contributed by atoms with Gasteiger partial charge in [-0.05, 0) is 56.2 Å². The first-order valence-corrected chi connectivity index (χ1v) is 7.61. The highest BCUT2D eigenvalue weighted by atomic mass is 19.1. The van der Waals surface area contributed by atoms with Gasteiger partial charge in [0.25, 0.3) is 0 Å². The quantitative estimate of drug-likeness (QED) is 0.763. The summed E-state index contributed by atoms with van der Waals surface area (Å²) in [6, 6.07) is 10.4. The monoisotopic (exact) mass is 328 g/mol. The smallest absolute Gasteiger partial charge is 0.414 e. The molecule has 2 rings (SSSR count). The van der Waals surface area contributed by atoms with E-state index < -0.39 is 17.6 Å². The van der Waals surface area contributed by atoms with Crippen LogP contribution >= 0.6 is 0 Å². The third-order valence-corrected chi connectivity index (χ3v) is 3.17. The molecule has 1 aromatic heterocycles. The van der Waals surface area contributed by atoms with E-state index in [1.165, 1.54) is 17.2 Å². The number of nitrogens with zero attached hydrogens (tertiary/aromatic N) is 2. The van der Waals surface area contributed by atoms with Crippen molar-refractivity contribution >= 4 is 23.9 Å². The van der Waals surface area contributed by atoms with Crippen LogP contribution in [0.2, 0.25) is 0 Å². The van der Waals surface area contributed by atoms with Crippen LogP contribution in [0.1, 0.15) is 31.9 Å². The van der Waals surface area contributed by atoms with Gasteiger partial charge < -0.3 is 4.74 Å². The fourth-order valence-electron chi connectivity index (χ4n) is 1.92. The molecule has 0 aliphatic heterocycles. The summed E-state index contributed by atoms with van der Waals surface area (Å²) < 4.78 is 18.1. The van der Waals surface area contributed by atoms with Gasteiger partial charge in [0.2, 0.25) is 5.95 Å². The number of pyridine rings is 1. The lowest BCUT2D eigenvalue weighted by Crippen LogP contribution is -2.34. The van der Waals surface area contributed by atoms with Crippen molar-refractivity contribution in [1.29, 1.82) is 0 Å². The zero-order chi connectivity index (χ0) is 17.7. The summed E-state index contributed by atoms with van der Waals surface area (Å²) in [5, 5.41) is 0. The lowest BCUT2D eigenvalue weighted by molar-refractivity contribution is 0.0589. The SMILES string of the molecule is CN(C(=O)OC(C)(C)C)c1ccc(C=Cc2ccc(F)nc2)cc1. The predicted molar refractivity (Wildman–Crippen MR) is 94.2 cm³/mol. The Morgan fingerprint density at radius 3 is 2.21 bits per heavy atom. The molecule has 0 radical (unpaired) electrons. The molecule has 0 fully saturated rings. The van der Waals surface area contributed by atoms with Crippen LogP contribution in [0.5, 0.6) is 0 Å². The summed E-state index contributed by atoms with van der Waals surface area (Å²) in [5.41, 5.74) is 1.98. The molecule has 0 N–H and O–H groups in total. The summed E-state index contributed by atoms with van der Waals surface area (Å²) in [6.07, 6.45) is 4.81. The molecule has 0 aliphatic rings. The van der Waals surface area contributed by atoms with Gasteiger partial charge in [0.15, 0.2) is 0 Å². The Balaban J connectivity index is 2.04. The zero-order valence-electron chi connectivity index (χ0n) is 14.3. The van der Waals surface area contributed by atoms with E-state index in [1.807, 2.05) is 57.2 Å². The summed E-state index contributed by atoms with van der Waals surface area (Å²) in [6.45, 7) is 5.49. The van der Waals surface area contributed by atoms with Crippen LogP contribution in [0.4, 0.5) is 14.9 Å². The molecule has 24 heavy (non-hydrogen) atoms. The number of halogens is 1. The highest BCUT2D eigenvalue weighted by Gasteiger charge is 2.20. The lowest BCUT2D eigenvalue weighted by atomic mass is 10.1. The van der Waals surface area contributed by atoms with Gasteiger partial charge in [0.05, 0.1) is 0 Å². The second kappa shape index (κ2) is 7.25. The summed E-state index contributed by atoms with van der Waals surface area (Å²) in [5.74, 6) is -0.498. The number of benzene rings is 1. The molecule has 0 atom stereocenters. The van der Waals surface area contributed by atoms with E-state index >= 15 is 0 Å². The zero-order valence-corrected chi connectivity index (χ0v) is 14.3. The summed E-state index contributed by atoms with van der Waals surface area (Å²) in [7, 11) is 1.67. The van der Waals surface area contributed by atoms with E-state index in [4.69, 9.17) is 4.74 Å². The Labute approximate surface area is 141 Å². The van der Waals surface area contributed by atoms with Crippen molar-refractivity contribution < 1.29 is 13.9 Å². The number of hydrogen-bond acceptors (Lipinski definition) is 3. The van der Waals surface area contributed by atoms with Crippen molar-refractivity contribution in [2.24, 2.45) is 0 Å². The van der Waals surface area contributed by atoms with Crippen molar-refractivity contribution in [3.63, 3.8) is 0 Å². The van der Waals surface area contributed by atoms with E-state index in [-0.39, 0.29) is 0 Å². The van der Waals surface area contributed by atoms with Crippen molar-refractivity contribution in [2.45, 2.75) is 26.4 Å². The van der Waals surface area contributed by atoms with Crippen LogP contribution in [-0.4, -0.2) is 23.7 Å². The van der Waals surface area contributed by atoms with Crippen LogP contribution in [-0.2, 0) is 4.74 Å². The van der Waals surface area contributed by atoms with Gasteiger partial charge in [-0.3, -0.25) is 4.90 Å². The van der Waals surface area contributed by atoms with Crippen LogP contribution in [0.15, 0.2) is 42.6 Å². The molecule has 0 spiro atoms. The minimum Gasteiger partial charge on any atom is -0.443 e. The second-order valence-corrected chi connectivity index (χ2v) is 6.38. The normalized spacial score (nSPS) is 11.5. The van der Waals surface area contributed by atoms with Gasteiger partial charge in [-0.25, -0.2) is 9.78 Å². The number of carbonyl (C=O) groups is 1. The van der Waals surface area contributed by atoms with Crippen LogP contribution in [0.3, 0.4) is 0 Å². The molecule has 0 bridgehead atoms. The van der Waals surface area contributed by atoms with E-state index in [0.29, 0.717) is 0 Å². The molecule has 0 saturated heterocycles. The topological polar surface area (TPSA) is 42.4 Å². The average Bonchev–Trinajstić information content (AvgIpc) is 2.52. The van der Waals surface area contributed by atoms with Gasteiger partial charge in [0, 0.05) is 18.9 Å². The van der Waals surface area contributed by atoms with E-state index in [9.17, 15) is 9.18 Å². The third-order valence-electron chi connectivity index (χ3n) is 3.17. The van der Waals surface area contributed by atoms with Gasteiger partial charge in [-0.1, -0.05) is 24.3 Å². The van der Waals surface area contributed by atoms with Gasteiger partial charge in [-0.2, -0.15) is 4.39 Å². The summed E-state index contributed by atoms with van der Waals surface area (Å²) in [4.78, 5) is 17.1. The van der Waals surface area contributed by atoms with Crippen molar-refractivity contribution in [3.8, 4) is 0 Å². The molecular weight excluding hydrogens is 307 g/mol. The van der Waals surface area contributed by atoms with Gasteiger partial charge in [-0.15, -0.1) is 0 Å². The lowest BCUT2D eigenvalue weighted by Gasteiger charge is -2.24. The molecule has 5 heteroatoms. The van der Waals surface area contributed by atoms with E-state index in [2.05, 4.69) is 4.98 Å². The minimum absolute atomic E-state index is 0.400. The highest BCUT2D eigenvalue weighted by molar-refractivity contribution is 5.87. The maximum Gasteiger partial charge on any atom is 0.414 e. The first-order valence-electron chi connectivity index (χ1n) is 7.61. The molecule has 1 heterocycles. The largest absolute Gasteiger partial charge is 0.443 e. The number of aromatic nitrogens is 1.